The molecule has 0 radical (unpaired) electrons. The Morgan fingerprint density at radius 1 is 0.500 bits per heavy atom. The molecule has 0 aliphatic carbocycles. The van der Waals surface area contributed by atoms with E-state index in [0.717, 1.165) is 50.4 Å². The molecule has 6 N–H and O–H groups in total. The van der Waals surface area contributed by atoms with Gasteiger partial charge in [0.2, 0.25) is 0 Å². The first-order valence-electron chi connectivity index (χ1n) is 13.0. The first-order chi connectivity index (χ1) is 17.9. The molecule has 36 heavy (non-hydrogen) atoms. The highest BCUT2D eigenvalue weighted by atomic mass is 16.5. The van der Waals surface area contributed by atoms with Gasteiger partial charge in [0.1, 0.15) is 18.0 Å². The number of anilines is 2. The van der Waals surface area contributed by atoms with Gasteiger partial charge in [-0.05, 0) is 38.8 Å². The zero-order chi connectivity index (χ0) is 25.8. The summed E-state index contributed by atoms with van der Waals surface area (Å²) >= 11 is 0. The molecule has 0 spiro atoms. The van der Waals surface area contributed by atoms with E-state index in [-0.39, 0.29) is 0 Å². The number of hydrogen-bond donors (Lipinski definition) is 4. The van der Waals surface area contributed by atoms with Crippen molar-refractivity contribution < 1.29 is 28.4 Å². The van der Waals surface area contributed by atoms with Crippen LogP contribution < -0.4 is 22.1 Å². The van der Waals surface area contributed by atoms with Gasteiger partial charge in [0.25, 0.3) is 0 Å². The Bertz CT molecular complexity index is 545. The van der Waals surface area contributed by atoms with Gasteiger partial charge in [-0.3, -0.25) is 0 Å². The van der Waals surface area contributed by atoms with Crippen molar-refractivity contribution in [3.63, 3.8) is 0 Å². The maximum Gasteiger partial charge on any atom is 0.131 e. The normalized spacial score (nSPS) is 11.2. The largest absolute Gasteiger partial charge is 0.379 e. The van der Waals surface area contributed by atoms with Crippen LogP contribution in [0, 0.1) is 0 Å². The predicted molar refractivity (Wildman–Crippen MR) is 141 cm³/mol. The lowest BCUT2D eigenvalue weighted by molar-refractivity contribution is 0.0144. The van der Waals surface area contributed by atoms with Crippen molar-refractivity contribution in [3.05, 3.63) is 12.4 Å². The Hall–Kier alpha value is -1.64. The SMILES string of the molecule is NCCCOCCOCCOCCCNc1cc(NCCCOCCOCCOCCCN)ncn1. The molecule has 0 atom stereocenters. The maximum atomic E-state index is 5.57. The van der Waals surface area contributed by atoms with Crippen LogP contribution in [0.3, 0.4) is 0 Å². The molecule has 0 amide bonds. The lowest BCUT2D eigenvalue weighted by Gasteiger charge is -2.10. The fraction of sp³-hybridized carbons (Fsp3) is 0.833. The van der Waals surface area contributed by atoms with E-state index in [1.54, 1.807) is 6.33 Å². The molecule has 0 aromatic carbocycles. The summed E-state index contributed by atoms with van der Waals surface area (Å²) in [4.78, 5) is 8.51. The Morgan fingerprint density at radius 2 is 0.833 bits per heavy atom. The summed E-state index contributed by atoms with van der Waals surface area (Å²) in [7, 11) is 0. The van der Waals surface area contributed by atoms with Crippen LogP contribution in [-0.4, -0.2) is 115 Å². The van der Waals surface area contributed by atoms with E-state index in [0.29, 0.717) is 92.4 Å². The monoisotopic (exact) mass is 516 g/mol. The standard InChI is InChI=1S/C24H48N6O6/c25-5-1-9-31-13-17-35-19-15-33-11-3-7-27-23-21-24(30-22-29-23)28-8-4-12-34-16-20-36-18-14-32-10-2-6-26/h21-22H,1-20,25-26H2,(H2,27,28,29,30). The second-order valence-corrected chi connectivity index (χ2v) is 7.81. The minimum atomic E-state index is 0.568. The van der Waals surface area contributed by atoms with Crippen molar-refractivity contribution in [1.82, 2.24) is 9.97 Å². The van der Waals surface area contributed by atoms with Crippen LogP contribution in [0.2, 0.25) is 0 Å². The van der Waals surface area contributed by atoms with Crippen LogP contribution in [0.5, 0.6) is 0 Å². The van der Waals surface area contributed by atoms with Crippen LogP contribution in [0.4, 0.5) is 11.6 Å². The van der Waals surface area contributed by atoms with Gasteiger partial charge in [0.15, 0.2) is 0 Å². The highest BCUT2D eigenvalue weighted by molar-refractivity contribution is 5.46. The summed E-state index contributed by atoms with van der Waals surface area (Å²) in [5.41, 5.74) is 10.8. The number of nitrogens with two attached hydrogens (primary N) is 2. The zero-order valence-electron chi connectivity index (χ0n) is 21.8. The number of hydrogen-bond acceptors (Lipinski definition) is 12. The molecule has 1 heterocycles. The summed E-state index contributed by atoms with van der Waals surface area (Å²) in [6, 6.07) is 1.90. The van der Waals surface area contributed by atoms with Crippen LogP contribution in [0.1, 0.15) is 25.7 Å². The molecule has 0 aliphatic heterocycles. The number of nitrogens with one attached hydrogen (secondary N) is 2. The molecular weight excluding hydrogens is 468 g/mol. The van der Waals surface area contributed by atoms with Gasteiger partial charge in [0, 0.05) is 45.6 Å². The van der Waals surface area contributed by atoms with Gasteiger partial charge >= 0.3 is 0 Å². The number of nitrogens with zero attached hydrogens (tertiary/aromatic N) is 2. The third-order valence-corrected chi connectivity index (χ3v) is 4.68. The number of aromatic nitrogens is 2. The van der Waals surface area contributed by atoms with E-state index in [2.05, 4.69) is 20.6 Å². The molecule has 1 rings (SSSR count). The smallest absolute Gasteiger partial charge is 0.131 e. The van der Waals surface area contributed by atoms with Gasteiger partial charge in [-0.15, -0.1) is 0 Å². The minimum absolute atomic E-state index is 0.568. The van der Waals surface area contributed by atoms with Crippen molar-refractivity contribution in [2.24, 2.45) is 11.5 Å². The van der Waals surface area contributed by atoms with Gasteiger partial charge in [0.05, 0.1) is 52.9 Å². The predicted octanol–water partition coefficient (Wildman–Crippen LogP) is 0.878. The molecule has 1 aromatic heterocycles. The molecule has 0 unspecified atom stereocenters. The highest BCUT2D eigenvalue weighted by Crippen LogP contribution is 2.08. The van der Waals surface area contributed by atoms with E-state index >= 15 is 0 Å². The first-order valence-corrected chi connectivity index (χ1v) is 13.0. The average molecular weight is 517 g/mol. The van der Waals surface area contributed by atoms with Crippen LogP contribution in [-0.2, 0) is 28.4 Å². The van der Waals surface area contributed by atoms with E-state index < -0.39 is 0 Å². The molecule has 0 aliphatic rings. The lowest BCUT2D eigenvalue weighted by Crippen LogP contribution is -2.13. The zero-order valence-corrected chi connectivity index (χ0v) is 21.8. The molecule has 0 bridgehead atoms. The second-order valence-electron chi connectivity index (χ2n) is 7.81. The molecule has 210 valence electrons. The van der Waals surface area contributed by atoms with Crippen molar-refractivity contribution in [2.75, 3.05) is 116 Å². The Kier molecular flexibility index (Phi) is 23.8. The van der Waals surface area contributed by atoms with Gasteiger partial charge in [-0.25, -0.2) is 9.97 Å². The van der Waals surface area contributed by atoms with Gasteiger partial charge < -0.3 is 50.5 Å². The summed E-state index contributed by atoms with van der Waals surface area (Å²) in [6.45, 7) is 10.2. The molecule has 0 saturated carbocycles. The van der Waals surface area contributed by atoms with Gasteiger partial charge in [-0.1, -0.05) is 0 Å². The second kappa shape index (κ2) is 26.4. The van der Waals surface area contributed by atoms with Crippen molar-refractivity contribution in [2.45, 2.75) is 25.7 Å². The summed E-state index contributed by atoms with van der Waals surface area (Å²) < 4.78 is 32.8. The summed E-state index contributed by atoms with van der Waals surface area (Å²) in [6.07, 6.45) is 5.05. The number of rotatable bonds is 28. The third kappa shape index (κ3) is 21.6. The average Bonchev–Trinajstić information content (AvgIpc) is 2.90. The fourth-order valence-corrected chi connectivity index (χ4v) is 2.79. The number of ether oxygens (including phenoxy) is 6. The molecule has 12 nitrogen and oxygen atoms in total. The lowest BCUT2D eigenvalue weighted by atomic mass is 10.4. The molecule has 12 heteroatoms. The molecule has 1 aromatic rings. The van der Waals surface area contributed by atoms with Crippen molar-refractivity contribution in [3.8, 4) is 0 Å². The Balaban J connectivity index is 1.89. The van der Waals surface area contributed by atoms with Crippen LogP contribution in [0.25, 0.3) is 0 Å². The van der Waals surface area contributed by atoms with E-state index in [1.807, 2.05) is 6.07 Å². The Morgan fingerprint density at radius 3 is 1.19 bits per heavy atom. The van der Waals surface area contributed by atoms with Crippen molar-refractivity contribution in [1.29, 1.82) is 0 Å². The fourth-order valence-electron chi connectivity index (χ4n) is 2.79. The molecule has 0 fully saturated rings. The van der Waals surface area contributed by atoms with Gasteiger partial charge in [-0.2, -0.15) is 0 Å². The molecule has 0 saturated heterocycles. The van der Waals surface area contributed by atoms with Crippen LogP contribution in [0.15, 0.2) is 12.4 Å². The highest BCUT2D eigenvalue weighted by Gasteiger charge is 1.99. The third-order valence-electron chi connectivity index (χ3n) is 4.68. The van der Waals surface area contributed by atoms with E-state index in [4.69, 9.17) is 39.9 Å². The quantitative estimate of drug-likeness (QED) is 0.117. The topological polar surface area (TPSA) is 157 Å². The van der Waals surface area contributed by atoms with Crippen molar-refractivity contribution >= 4 is 11.6 Å². The van der Waals surface area contributed by atoms with E-state index in [9.17, 15) is 0 Å². The van der Waals surface area contributed by atoms with Crippen LogP contribution >= 0.6 is 0 Å². The van der Waals surface area contributed by atoms with E-state index in [1.165, 1.54) is 0 Å². The Labute approximate surface area is 216 Å². The first kappa shape index (κ1) is 32.4. The summed E-state index contributed by atoms with van der Waals surface area (Å²) in [5.74, 6) is 1.57. The maximum absolute atomic E-state index is 5.57. The summed E-state index contributed by atoms with van der Waals surface area (Å²) in [5, 5.41) is 6.58. The minimum Gasteiger partial charge on any atom is -0.379 e. The molecular formula is C24H48N6O6.